The first-order valence-electron chi connectivity index (χ1n) is 7.51. The molecular formula is C17H22FNO2. The maximum atomic E-state index is 13.4. The van der Waals surface area contributed by atoms with Crippen LogP contribution in [-0.4, -0.2) is 24.2 Å². The van der Waals surface area contributed by atoms with Crippen LogP contribution in [0.2, 0.25) is 0 Å². The Bertz CT molecular complexity index is 520. The van der Waals surface area contributed by atoms with Crippen molar-refractivity contribution in [3.8, 4) is 0 Å². The largest absolute Gasteiger partial charge is 0.478 e. The SMILES string of the molecule is CN(c1ccc(F)cc1/C=C/C(=O)O)C1CCCCCC1. The number of hydrogen-bond acceptors (Lipinski definition) is 2. The van der Waals surface area contributed by atoms with Gasteiger partial charge in [0.05, 0.1) is 0 Å². The first-order valence-corrected chi connectivity index (χ1v) is 7.51. The molecule has 1 aliphatic rings. The molecule has 0 aromatic heterocycles. The molecule has 0 amide bonds. The third kappa shape index (κ3) is 4.31. The van der Waals surface area contributed by atoms with Crippen molar-refractivity contribution in [1.82, 2.24) is 0 Å². The predicted molar refractivity (Wildman–Crippen MR) is 83.0 cm³/mol. The van der Waals surface area contributed by atoms with E-state index in [2.05, 4.69) is 4.90 Å². The van der Waals surface area contributed by atoms with Crippen LogP contribution >= 0.6 is 0 Å². The summed E-state index contributed by atoms with van der Waals surface area (Å²) in [5.41, 5.74) is 1.50. The van der Waals surface area contributed by atoms with Crippen molar-refractivity contribution >= 4 is 17.7 Å². The minimum atomic E-state index is -1.03. The quantitative estimate of drug-likeness (QED) is 0.671. The van der Waals surface area contributed by atoms with Crippen LogP contribution < -0.4 is 4.90 Å². The lowest BCUT2D eigenvalue weighted by Crippen LogP contribution is -2.31. The number of anilines is 1. The molecule has 0 saturated heterocycles. The van der Waals surface area contributed by atoms with Crippen LogP contribution in [0.15, 0.2) is 24.3 Å². The fourth-order valence-electron chi connectivity index (χ4n) is 2.98. The zero-order valence-electron chi connectivity index (χ0n) is 12.4. The highest BCUT2D eigenvalue weighted by Gasteiger charge is 2.19. The van der Waals surface area contributed by atoms with Gasteiger partial charge in [-0.05, 0) is 37.1 Å². The first kappa shape index (κ1) is 15.5. The van der Waals surface area contributed by atoms with Gasteiger partial charge in [0.1, 0.15) is 5.82 Å². The summed E-state index contributed by atoms with van der Waals surface area (Å²) >= 11 is 0. The molecule has 1 aliphatic carbocycles. The monoisotopic (exact) mass is 291 g/mol. The van der Waals surface area contributed by atoms with E-state index in [9.17, 15) is 9.18 Å². The third-order valence-corrected chi connectivity index (χ3v) is 4.15. The lowest BCUT2D eigenvalue weighted by Gasteiger charge is -2.30. The molecule has 0 radical (unpaired) electrons. The van der Waals surface area contributed by atoms with E-state index in [-0.39, 0.29) is 5.82 Å². The third-order valence-electron chi connectivity index (χ3n) is 4.15. The molecule has 0 aliphatic heterocycles. The van der Waals surface area contributed by atoms with E-state index >= 15 is 0 Å². The number of carbonyl (C=O) groups is 1. The highest BCUT2D eigenvalue weighted by Crippen LogP contribution is 2.29. The molecule has 3 nitrogen and oxygen atoms in total. The van der Waals surface area contributed by atoms with Crippen LogP contribution in [0.25, 0.3) is 6.08 Å². The lowest BCUT2D eigenvalue weighted by atomic mass is 10.0. The summed E-state index contributed by atoms with van der Waals surface area (Å²) in [5, 5.41) is 8.77. The molecule has 114 valence electrons. The number of aliphatic carboxylic acids is 1. The molecule has 21 heavy (non-hydrogen) atoms. The molecule has 1 N–H and O–H groups in total. The number of rotatable bonds is 4. The van der Waals surface area contributed by atoms with E-state index in [1.54, 1.807) is 6.07 Å². The van der Waals surface area contributed by atoms with Gasteiger partial charge in [-0.15, -0.1) is 0 Å². The lowest BCUT2D eigenvalue weighted by molar-refractivity contribution is -0.131. The van der Waals surface area contributed by atoms with Crippen LogP contribution in [0.5, 0.6) is 0 Å². The van der Waals surface area contributed by atoms with Crippen molar-refractivity contribution in [2.45, 2.75) is 44.6 Å². The van der Waals surface area contributed by atoms with Crippen LogP contribution in [0.1, 0.15) is 44.1 Å². The molecule has 0 spiro atoms. The van der Waals surface area contributed by atoms with Gasteiger partial charge >= 0.3 is 5.97 Å². The maximum Gasteiger partial charge on any atom is 0.328 e. The van der Waals surface area contributed by atoms with Crippen LogP contribution in [0, 0.1) is 5.82 Å². The summed E-state index contributed by atoms with van der Waals surface area (Å²) < 4.78 is 13.4. The molecule has 1 fully saturated rings. The second-order valence-electron chi connectivity index (χ2n) is 5.63. The van der Waals surface area contributed by atoms with Crippen molar-refractivity contribution in [3.05, 3.63) is 35.7 Å². The van der Waals surface area contributed by atoms with E-state index in [1.807, 2.05) is 7.05 Å². The van der Waals surface area contributed by atoms with Crippen molar-refractivity contribution in [1.29, 1.82) is 0 Å². The molecule has 4 heteroatoms. The zero-order valence-corrected chi connectivity index (χ0v) is 12.4. The minimum absolute atomic E-state index is 0.349. The Labute approximate surface area is 125 Å². The van der Waals surface area contributed by atoms with Crippen molar-refractivity contribution in [2.75, 3.05) is 11.9 Å². The van der Waals surface area contributed by atoms with Gasteiger partial charge in [-0.2, -0.15) is 0 Å². The van der Waals surface area contributed by atoms with Crippen LogP contribution in [0.4, 0.5) is 10.1 Å². The summed E-state index contributed by atoms with van der Waals surface area (Å²) in [6, 6.07) is 5.00. The van der Waals surface area contributed by atoms with E-state index in [4.69, 9.17) is 5.11 Å². The van der Waals surface area contributed by atoms with E-state index < -0.39 is 5.97 Å². The summed E-state index contributed by atoms with van der Waals surface area (Å²) in [4.78, 5) is 12.9. The summed E-state index contributed by atoms with van der Waals surface area (Å²) in [5.74, 6) is -1.37. The summed E-state index contributed by atoms with van der Waals surface area (Å²) in [7, 11) is 2.02. The van der Waals surface area contributed by atoms with E-state index in [0.29, 0.717) is 11.6 Å². The number of halogens is 1. The number of carboxylic acids is 1. The number of benzene rings is 1. The van der Waals surface area contributed by atoms with Gasteiger partial charge in [0.25, 0.3) is 0 Å². The average Bonchev–Trinajstić information content (AvgIpc) is 2.73. The maximum absolute atomic E-state index is 13.4. The highest BCUT2D eigenvalue weighted by molar-refractivity contribution is 5.87. The molecular weight excluding hydrogens is 269 g/mol. The zero-order chi connectivity index (χ0) is 15.2. The average molecular weight is 291 g/mol. The number of hydrogen-bond donors (Lipinski definition) is 1. The molecule has 2 rings (SSSR count). The van der Waals surface area contributed by atoms with Crippen molar-refractivity contribution in [3.63, 3.8) is 0 Å². The second kappa shape index (κ2) is 7.25. The minimum Gasteiger partial charge on any atom is -0.478 e. The molecule has 1 aromatic carbocycles. The molecule has 0 heterocycles. The second-order valence-corrected chi connectivity index (χ2v) is 5.63. The number of carboxylic acid groups (broad SMARTS) is 1. The van der Waals surface area contributed by atoms with E-state index in [0.717, 1.165) is 24.6 Å². The fourth-order valence-corrected chi connectivity index (χ4v) is 2.98. The molecule has 1 aromatic rings. The van der Waals surface area contributed by atoms with Gasteiger partial charge in [-0.25, -0.2) is 9.18 Å². The van der Waals surface area contributed by atoms with Crippen LogP contribution in [0.3, 0.4) is 0 Å². The highest BCUT2D eigenvalue weighted by atomic mass is 19.1. The predicted octanol–water partition coefficient (Wildman–Crippen LogP) is 4.08. The molecule has 0 unspecified atom stereocenters. The standard InChI is InChI=1S/C17H22FNO2/c1-19(15-6-4-2-3-5-7-15)16-10-9-14(18)12-13(16)8-11-17(20)21/h8-12,15H,2-7H2,1H3,(H,20,21)/b11-8+. The Morgan fingerprint density at radius 3 is 2.57 bits per heavy atom. The van der Waals surface area contributed by atoms with Gasteiger partial charge in [0.2, 0.25) is 0 Å². The Morgan fingerprint density at radius 2 is 1.95 bits per heavy atom. The Kier molecular flexibility index (Phi) is 5.37. The topological polar surface area (TPSA) is 40.5 Å². The van der Waals surface area contributed by atoms with Crippen molar-refractivity contribution < 1.29 is 14.3 Å². The Morgan fingerprint density at radius 1 is 1.29 bits per heavy atom. The molecule has 0 atom stereocenters. The smallest absolute Gasteiger partial charge is 0.328 e. The van der Waals surface area contributed by atoms with Gasteiger partial charge < -0.3 is 10.0 Å². The summed E-state index contributed by atoms with van der Waals surface area (Å²) in [6.07, 6.45) is 9.78. The van der Waals surface area contributed by atoms with E-state index in [1.165, 1.54) is 43.9 Å². The fraction of sp³-hybridized carbons (Fsp3) is 0.471. The molecule has 1 saturated carbocycles. The van der Waals surface area contributed by atoms with Crippen LogP contribution in [-0.2, 0) is 4.79 Å². The Balaban J connectivity index is 2.26. The van der Waals surface area contributed by atoms with Gasteiger partial charge in [0, 0.05) is 30.4 Å². The Hall–Kier alpha value is -1.84. The van der Waals surface area contributed by atoms with Crippen molar-refractivity contribution in [2.24, 2.45) is 0 Å². The normalized spacial score (nSPS) is 16.9. The number of nitrogens with zero attached hydrogens (tertiary/aromatic N) is 1. The van der Waals surface area contributed by atoms with Gasteiger partial charge in [0.15, 0.2) is 0 Å². The van der Waals surface area contributed by atoms with Gasteiger partial charge in [-0.3, -0.25) is 0 Å². The molecule has 0 bridgehead atoms. The summed E-state index contributed by atoms with van der Waals surface area (Å²) in [6.45, 7) is 0. The van der Waals surface area contributed by atoms with Gasteiger partial charge in [-0.1, -0.05) is 25.7 Å². The first-order chi connectivity index (χ1) is 10.1.